The van der Waals surface area contributed by atoms with Crippen LogP contribution in [0, 0.1) is 46.3 Å². The number of esters is 2. The fourth-order valence-corrected chi connectivity index (χ4v) is 10.4. The Morgan fingerprint density at radius 2 is 1.68 bits per heavy atom. The van der Waals surface area contributed by atoms with E-state index in [2.05, 4.69) is 26.1 Å². The molecule has 10 atom stereocenters. The van der Waals surface area contributed by atoms with E-state index in [1.807, 2.05) is 0 Å². The van der Waals surface area contributed by atoms with Crippen molar-refractivity contribution >= 4 is 37.6 Å². The quantitative estimate of drug-likeness (QED) is 0.284. The Balaban J connectivity index is 1.48. The third kappa shape index (κ3) is 6.50. The van der Waals surface area contributed by atoms with Crippen LogP contribution in [0.1, 0.15) is 98.8 Å². The Morgan fingerprint density at radius 1 is 0.975 bits per heavy atom. The number of nitrogens with one attached hydrogen (secondary N) is 1. The minimum Gasteiger partial charge on any atom is -0.463 e. The first-order valence-electron chi connectivity index (χ1n) is 15.2. The summed E-state index contributed by atoms with van der Waals surface area (Å²) in [5.41, 5.74) is 0.00513. The van der Waals surface area contributed by atoms with Crippen molar-refractivity contribution in [3.8, 4) is 0 Å². The van der Waals surface area contributed by atoms with Crippen molar-refractivity contribution in [1.82, 2.24) is 5.32 Å². The highest BCUT2D eigenvalue weighted by Crippen LogP contribution is 2.69. The van der Waals surface area contributed by atoms with Crippen molar-refractivity contribution in [2.45, 2.75) is 111 Å². The average molecular weight is 602 g/mol. The molecule has 4 saturated carbocycles. The Kier molecular flexibility index (Phi) is 9.55. The number of halogens is 1. The maximum atomic E-state index is 12.4. The third-order valence-electron chi connectivity index (χ3n) is 11.6. The zero-order valence-corrected chi connectivity index (χ0v) is 26.3. The van der Waals surface area contributed by atoms with Gasteiger partial charge < -0.3 is 14.8 Å². The van der Waals surface area contributed by atoms with Crippen LogP contribution in [0.25, 0.3) is 0 Å². The number of hydrogen-bond donors (Lipinski definition) is 1. The lowest BCUT2D eigenvalue weighted by molar-refractivity contribution is -0.197. The van der Waals surface area contributed by atoms with E-state index in [0.29, 0.717) is 42.4 Å². The molecule has 0 aromatic rings. The van der Waals surface area contributed by atoms with Gasteiger partial charge in [-0.1, -0.05) is 20.8 Å². The number of ether oxygens (including phenoxy) is 2. The second kappa shape index (κ2) is 12.1. The summed E-state index contributed by atoms with van der Waals surface area (Å²) in [6.07, 6.45) is 9.10. The van der Waals surface area contributed by atoms with Crippen molar-refractivity contribution in [3.63, 3.8) is 0 Å². The fraction of sp³-hybridized carbons (Fsp3) is 0.900. The summed E-state index contributed by atoms with van der Waals surface area (Å²) in [5, 5.41) is 2.67. The molecule has 0 heterocycles. The molecule has 0 aromatic carbocycles. The average Bonchev–Trinajstić information content (AvgIpc) is 3.20. The van der Waals surface area contributed by atoms with Gasteiger partial charge in [0.25, 0.3) is 0 Å². The molecular formula is C30H48ClNO7S. The van der Waals surface area contributed by atoms with Gasteiger partial charge in [-0.05, 0) is 98.7 Å². The van der Waals surface area contributed by atoms with Crippen LogP contribution in [-0.2, 0) is 32.9 Å². The number of rotatable bonds is 9. The molecule has 0 radical (unpaired) electrons. The summed E-state index contributed by atoms with van der Waals surface area (Å²) in [6, 6.07) is 0. The normalized spacial score (nSPS) is 39.7. The molecule has 4 rings (SSSR count). The Hall–Kier alpha value is -1.35. The summed E-state index contributed by atoms with van der Waals surface area (Å²) >= 11 is 0. The number of hydrogen-bond acceptors (Lipinski definition) is 7. The van der Waals surface area contributed by atoms with E-state index < -0.39 is 9.05 Å². The lowest BCUT2D eigenvalue weighted by atomic mass is 9.43. The summed E-state index contributed by atoms with van der Waals surface area (Å²) in [4.78, 5) is 36.4. The van der Waals surface area contributed by atoms with E-state index in [1.165, 1.54) is 13.8 Å². The van der Waals surface area contributed by atoms with E-state index in [-0.39, 0.29) is 59.1 Å². The van der Waals surface area contributed by atoms with Crippen LogP contribution >= 0.6 is 10.7 Å². The molecule has 0 unspecified atom stereocenters. The molecule has 1 amide bonds. The SMILES string of the molecule is CC(=O)O[C@@H]1CC[C@@]2(C)[C@H](CC[C@@H]3[C@@H]2C[C@H](OC(C)=O)[C@]2(C)[C@@H]([C@H](C)CCC(=O)NCCS(=O)(=O)Cl)CC[C@@H]32)C1. The van der Waals surface area contributed by atoms with Crippen LogP contribution in [0.15, 0.2) is 0 Å². The molecule has 10 heteroatoms. The van der Waals surface area contributed by atoms with Crippen LogP contribution in [0.5, 0.6) is 0 Å². The number of carbonyl (C=O) groups is 3. The van der Waals surface area contributed by atoms with Gasteiger partial charge in [-0.15, -0.1) is 0 Å². The first-order valence-corrected chi connectivity index (χ1v) is 17.7. The summed E-state index contributed by atoms with van der Waals surface area (Å²) in [5.74, 6) is 1.77. The Labute approximate surface area is 244 Å². The van der Waals surface area contributed by atoms with Gasteiger partial charge in [0, 0.05) is 42.9 Å². The topological polar surface area (TPSA) is 116 Å². The first-order chi connectivity index (χ1) is 18.6. The predicted molar refractivity (Wildman–Crippen MR) is 153 cm³/mol. The zero-order chi connectivity index (χ0) is 29.5. The van der Waals surface area contributed by atoms with E-state index in [4.69, 9.17) is 20.2 Å². The lowest BCUT2D eigenvalue weighted by Gasteiger charge is -2.62. The molecule has 4 fully saturated rings. The second-order valence-corrected chi connectivity index (χ2v) is 16.6. The number of carbonyl (C=O) groups excluding carboxylic acids is 3. The van der Waals surface area contributed by atoms with Crippen molar-refractivity contribution in [1.29, 1.82) is 0 Å². The predicted octanol–water partition coefficient (Wildman–Crippen LogP) is 5.22. The molecule has 0 bridgehead atoms. The summed E-state index contributed by atoms with van der Waals surface area (Å²) in [7, 11) is 1.61. The van der Waals surface area contributed by atoms with Crippen molar-refractivity contribution in [2.24, 2.45) is 46.3 Å². The van der Waals surface area contributed by atoms with Crippen LogP contribution in [0.3, 0.4) is 0 Å². The molecule has 0 aliphatic heterocycles. The maximum absolute atomic E-state index is 12.4. The fourth-order valence-electron chi connectivity index (χ4n) is 9.79. The van der Waals surface area contributed by atoms with Gasteiger partial charge in [0.2, 0.25) is 15.0 Å². The molecule has 0 spiro atoms. The number of amides is 1. The molecule has 228 valence electrons. The first kappa shape index (κ1) is 31.6. The van der Waals surface area contributed by atoms with Crippen molar-refractivity contribution in [3.05, 3.63) is 0 Å². The van der Waals surface area contributed by atoms with Crippen LogP contribution in [0.2, 0.25) is 0 Å². The third-order valence-corrected chi connectivity index (χ3v) is 12.7. The molecule has 4 aliphatic rings. The largest absolute Gasteiger partial charge is 0.463 e. The minimum absolute atomic E-state index is 0.0125. The highest BCUT2D eigenvalue weighted by molar-refractivity contribution is 8.13. The van der Waals surface area contributed by atoms with E-state index in [0.717, 1.165) is 51.4 Å². The van der Waals surface area contributed by atoms with Crippen LogP contribution in [0.4, 0.5) is 0 Å². The van der Waals surface area contributed by atoms with Gasteiger partial charge in [-0.3, -0.25) is 14.4 Å². The molecule has 1 N–H and O–H groups in total. The second-order valence-electron chi connectivity index (χ2n) is 13.7. The smallest absolute Gasteiger partial charge is 0.302 e. The van der Waals surface area contributed by atoms with E-state index >= 15 is 0 Å². The van der Waals surface area contributed by atoms with Gasteiger partial charge >= 0.3 is 11.9 Å². The summed E-state index contributed by atoms with van der Waals surface area (Å²) in [6.45, 7) is 10.0. The van der Waals surface area contributed by atoms with Gasteiger partial charge in [-0.2, -0.15) is 0 Å². The monoisotopic (exact) mass is 601 g/mol. The van der Waals surface area contributed by atoms with Gasteiger partial charge in [0.05, 0.1) is 5.75 Å². The molecule has 0 aromatic heterocycles. The molecule has 4 aliphatic carbocycles. The van der Waals surface area contributed by atoms with Crippen molar-refractivity contribution < 1.29 is 32.3 Å². The maximum Gasteiger partial charge on any atom is 0.302 e. The number of fused-ring (bicyclic) bond motifs is 5. The van der Waals surface area contributed by atoms with E-state index in [9.17, 15) is 22.8 Å². The Morgan fingerprint density at radius 3 is 2.33 bits per heavy atom. The molecule has 0 saturated heterocycles. The standard InChI is InChI=1S/C30H48ClNO7S/c1-18(6-11-28(35)32-14-15-40(31,36)37)24-9-10-25-23-8-7-21-16-22(38-19(2)33)12-13-29(21,4)26(23)17-27(30(24,25)5)39-20(3)34/h18,21-27H,6-17H2,1-5H3,(H,32,35)/t18-,21-,22-,23+,24-,25+,26+,27+,29+,30-/m1/s1. The van der Waals surface area contributed by atoms with Crippen LogP contribution in [-0.4, -0.2) is 50.8 Å². The highest BCUT2D eigenvalue weighted by atomic mass is 35.7. The zero-order valence-electron chi connectivity index (χ0n) is 24.7. The molecular weight excluding hydrogens is 554 g/mol. The van der Waals surface area contributed by atoms with Gasteiger partial charge in [0.1, 0.15) is 12.2 Å². The van der Waals surface area contributed by atoms with Crippen molar-refractivity contribution in [2.75, 3.05) is 12.3 Å². The molecule has 8 nitrogen and oxygen atoms in total. The van der Waals surface area contributed by atoms with Crippen LogP contribution < -0.4 is 5.32 Å². The van der Waals surface area contributed by atoms with Gasteiger partial charge in [-0.25, -0.2) is 8.42 Å². The summed E-state index contributed by atoms with van der Waals surface area (Å²) < 4.78 is 34.1. The van der Waals surface area contributed by atoms with E-state index in [1.54, 1.807) is 0 Å². The molecule has 40 heavy (non-hydrogen) atoms. The highest BCUT2D eigenvalue weighted by Gasteiger charge is 2.65. The minimum atomic E-state index is -3.63. The van der Waals surface area contributed by atoms with Gasteiger partial charge in [0.15, 0.2) is 0 Å². The lowest BCUT2D eigenvalue weighted by Crippen LogP contribution is -2.59. The Bertz CT molecular complexity index is 1080.